The van der Waals surface area contributed by atoms with Crippen molar-refractivity contribution in [1.29, 1.82) is 0 Å². The first-order valence-corrected chi connectivity index (χ1v) is 9.26. The summed E-state index contributed by atoms with van der Waals surface area (Å²) in [4.78, 5) is 19.3. The van der Waals surface area contributed by atoms with Crippen LogP contribution in [0.4, 0.5) is 11.5 Å². The van der Waals surface area contributed by atoms with E-state index in [4.69, 9.17) is 0 Å². The van der Waals surface area contributed by atoms with E-state index < -0.39 is 0 Å². The quantitative estimate of drug-likeness (QED) is 0.750. The molecular weight excluding hydrogens is 334 g/mol. The average Bonchev–Trinajstić information content (AvgIpc) is 2.70. The minimum atomic E-state index is -0.138. The Hall–Kier alpha value is -3.14. The maximum atomic E-state index is 12.5. The minimum absolute atomic E-state index is 0.138. The fourth-order valence-corrected chi connectivity index (χ4v) is 3.42. The molecule has 1 amide bonds. The average molecular weight is 357 g/mol. The fraction of sp³-hybridized carbons (Fsp3) is 0.217. The van der Waals surface area contributed by atoms with Gasteiger partial charge in [-0.3, -0.25) is 4.79 Å². The van der Waals surface area contributed by atoms with Gasteiger partial charge in [-0.05, 0) is 66.8 Å². The standard InChI is InChI=1S/C23H23N3O/c1-16-7-9-21(13-17(16)2)25-23(27)19-8-10-22(24-14-19)26-12-11-18-5-3-4-6-20(18)15-26/h3-10,13-14H,11-12,15H2,1-2H3,(H,25,27). The van der Waals surface area contributed by atoms with Crippen LogP contribution >= 0.6 is 0 Å². The number of anilines is 2. The van der Waals surface area contributed by atoms with Gasteiger partial charge in [-0.25, -0.2) is 4.98 Å². The van der Waals surface area contributed by atoms with Crippen LogP contribution in [0.1, 0.15) is 32.6 Å². The molecule has 1 aliphatic heterocycles. The first-order valence-electron chi connectivity index (χ1n) is 9.26. The fourth-order valence-electron chi connectivity index (χ4n) is 3.42. The zero-order chi connectivity index (χ0) is 18.8. The summed E-state index contributed by atoms with van der Waals surface area (Å²) in [6, 6.07) is 18.2. The lowest BCUT2D eigenvalue weighted by molar-refractivity contribution is 0.102. The lowest BCUT2D eigenvalue weighted by atomic mass is 10.00. The summed E-state index contributed by atoms with van der Waals surface area (Å²) < 4.78 is 0. The third kappa shape index (κ3) is 3.70. The molecule has 0 fully saturated rings. The molecule has 0 aliphatic carbocycles. The zero-order valence-electron chi connectivity index (χ0n) is 15.7. The van der Waals surface area contributed by atoms with Gasteiger partial charge in [-0.1, -0.05) is 30.3 Å². The molecule has 0 saturated heterocycles. The highest BCUT2D eigenvalue weighted by Gasteiger charge is 2.17. The molecule has 0 bridgehead atoms. The normalized spacial score (nSPS) is 13.2. The summed E-state index contributed by atoms with van der Waals surface area (Å²) in [5.41, 5.74) is 6.50. The highest BCUT2D eigenvalue weighted by Crippen LogP contribution is 2.23. The van der Waals surface area contributed by atoms with Crippen LogP contribution < -0.4 is 10.2 Å². The van der Waals surface area contributed by atoms with Crippen LogP contribution in [0.25, 0.3) is 0 Å². The number of aromatic nitrogens is 1. The van der Waals surface area contributed by atoms with E-state index >= 15 is 0 Å². The van der Waals surface area contributed by atoms with Gasteiger partial charge in [0.05, 0.1) is 5.56 Å². The van der Waals surface area contributed by atoms with Crippen molar-refractivity contribution in [1.82, 2.24) is 4.98 Å². The lowest BCUT2D eigenvalue weighted by Gasteiger charge is -2.29. The summed E-state index contributed by atoms with van der Waals surface area (Å²) in [6.07, 6.45) is 2.68. The molecule has 4 heteroatoms. The van der Waals surface area contributed by atoms with Gasteiger partial charge in [-0.15, -0.1) is 0 Å². The van der Waals surface area contributed by atoms with E-state index in [0.29, 0.717) is 5.56 Å². The number of hydrogen-bond acceptors (Lipinski definition) is 3. The Bertz CT molecular complexity index is 979. The van der Waals surface area contributed by atoms with Crippen molar-refractivity contribution >= 4 is 17.4 Å². The third-order valence-corrected chi connectivity index (χ3v) is 5.23. The van der Waals surface area contributed by atoms with Crippen LogP contribution in [0.15, 0.2) is 60.8 Å². The Kier molecular flexibility index (Phi) is 4.63. The maximum Gasteiger partial charge on any atom is 0.257 e. The van der Waals surface area contributed by atoms with Gasteiger partial charge in [-0.2, -0.15) is 0 Å². The highest BCUT2D eigenvalue weighted by molar-refractivity contribution is 6.04. The Morgan fingerprint density at radius 2 is 1.81 bits per heavy atom. The number of hydrogen-bond donors (Lipinski definition) is 1. The van der Waals surface area contributed by atoms with Crippen molar-refractivity contribution in [2.45, 2.75) is 26.8 Å². The van der Waals surface area contributed by atoms with Crippen LogP contribution in [0.3, 0.4) is 0 Å². The molecule has 0 saturated carbocycles. The van der Waals surface area contributed by atoms with E-state index in [-0.39, 0.29) is 5.91 Å². The van der Waals surface area contributed by atoms with Gasteiger partial charge in [0.1, 0.15) is 5.82 Å². The number of pyridine rings is 1. The number of aryl methyl sites for hydroxylation is 2. The monoisotopic (exact) mass is 357 g/mol. The molecule has 0 unspecified atom stereocenters. The zero-order valence-corrected chi connectivity index (χ0v) is 15.7. The minimum Gasteiger partial charge on any atom is -0.352 e. The number of amides is 1. The molecule has 3 aromatic rings. The van der Waals surface area contributed by atoms with Crippen molar-refractivity contribution in [2.24, 2.45) is 0 Å². The Labute approximate surface area is 159 Å². The summed E-state index contributed by atoms with van der Waals surface area (Å²) in [5.74, 6) is 0.772. The number of nitrogens with zero attached hydrogens (tertiary/aromatic N) is 2. The molecular formula is C23H23N3O. The summed E-state index contributed by atoms with van der Waals surface area (Å²) in [5, 5.41) is 2.95. The number of rotatable bonds is 3. The van der Waals surface area contributed by atoms with E-state index in [0.717, 1.165) is 36.6 Å². The van der Waals surface area contributed by atoms with Crippen molar-refractivity contribution in [2.75, 3.05) is 16.8 Å². The molecule has 2 heterocycles. The Morgan fingerprint density at radius 1 is 1.00 bits per heavy atom. The molecule has 1 aromatic heterocycles. The summed E-state index contributed by atoms with van der Waals surface area (Å²) >= 11 is 0. The van der Waals surface area contributed by atoms with Gasteiger partial charge in [0.2, 0.25) is 0 Å². The van der Waals surface area contributed by atoms with Crippen LogP contribution in [-0.2, 0) is 13.0 Å². The van der Waals surface area contributed by atoms with Gasteiger partial charge in [0.25, 0.3) is 5.91 Å². The summed E-state index contributed by atoms with van der Waals surface area (Å²) in [6.45, 7) is 5.90. The molecule has 0 spiro atoms. The predicted molar refractivity (Wildman–Crippen MR) is 109 cm³/mol. The largest absolute Gasteiger partial charge is 0.352 e. The van der Waals surface area contributed by atoms with Crippen molar-refractivity contribution < 1.29 is 4.79 Å². The molecule has 1 aliphatic rings. The van der Waals surface area contributed by atoms with E-state index in [1.807, 2.05) is 37.3 Å². The van der Waals surface area contributed by atoms with Gasteiger partial charge < -0.3 is 10.2 Å². The van der Waals surface area contributed by atoms with Crippen molar-refractivity contribution in [3.8, 4) is 0 Å². The first kappa shape index (κ1) is 17.3. The number of nitrogens with one attached hydrogen (secondary N) is 1. The highest BCUT2D eigenvalue weighted by atomic mass is 16.1. The molecule has 1 N–H and O–H groups in total. The summed E-state index contributed by atoms with van der Waals surface area (Å²) in [7, 11) is 0. The van der Waals surface area contributed by atoms with Crippen molar-refractivity contribution in [3.05, 3.63) is 88.6 Å². The van der Waals surface area contributed by atoms with Crippen LogP contribution in [0.2, 0.25) is 0 Å². The Morgan fingerprint density at radius 3 is 2.56 bits per heavy atom. The van der Waals surface area contributed by atoms with Gasteiger partial charge >= 0.3 is 0 Å². The first-order chi connectivity index (χ1) is 13.1. The second kappa shape index (κ2) is 7.23. The number of carbonyl (C=O) groups is 1. The van der Waals surface area contributed by atoms with E-state index in [9.17, 15) is 4.79 Å². The molecule has 4 nitrogen and oxygen atoms in total. The third-order valence-electron chi connectivity index (χ3n) is 5.23. The molecule has 4 rings (SSSR count). The van der Waals surface area contributed by atoms with Crippen LogP contribution in [0, 0.1) is 13.8 Å². The molecule has 0 radical (unpaired) electrons. The smallest absolute Gasteiger partial charge is 0.257 e. The number of carbonyl (C=O) groups excluding carboxylic acids is 1. The Balaban J connectivity index is 1.46. The van der Waals surface area contributed by atoms with Gasteiger partial charge in [0.15, 0.2) is 0 Å². The van der Waals surface area contributed by atoms with Crippen molar-refractivity contribution in [3.63, 3.8) is 0 Å². The second-order valence-electron chi connectivity index (χ2n) is 7.10. The maximum absolute atomic E-state index is 12.5. The number of fused-ring (bicyclic) bond motifs is 1. The molecule has 27 heavy (non-hydrogen) atoms. The van der Waals surface area contributed by atoms with E-state index in [1.165, 1.54) is 16.7 Å². The van der Waals surface area contributed by atoms with Gasteiger partial charge in [0, 0.05) is 25.0 Å². The van der Waals surface area contributed by atoms with E-state index in [2.05, 4.69) is 46.4 Å². The molecule has 136 valence electrons. The van der Waals surface area contributed by atoms with Crippen LogP contribution in [-0.4, -0.2) is 17.4 Å². The molecule has 2 aromatic carbocycles. The SMILES string of the molecule is Cc1ccc(NC(=O)c2ccc(N3CCc4ccccc4C3)nc2)cc1C. The lowest BCUT2D eigenvalue weighted by Crippen LogP contribution is -2.31. The number of benzene rings is 2. The second-order valence-corrected chi connectivity index (χ2v) is 7.10. The topological polar surface area (TPSA) is 45.2 Å². The predicted octanol–water partition coefficient (Wildman–Crippen LogP) is 4.51. The van der Waals surface area contributed by atoms with E-state index in [1.54, 1.807) is 6.20 Å². The molecule has 0 atom stereocenters. The van der Waals surface area contributed by atoms with Crippen LogP contribution in [0.5, 0.6) is 0 Å².